The Labute approximate surface area is 138 Å². The Morgan fingerprint density at radius 3 is 2.05 bits per heavy atom. The molecule has 0 unspecified atom stereocenters. The van der Waals surface area contributed by atoms with Crippen LogP contribution in [0.5, 0.6) is 0 Å². The van der Waals surface area contributed by atoms with Crippen molar-refractivity contribution in [3.8, 4) is 0 Å². The molecule has 0 aliphatic carbocycles. The number of thiophene rings is 2. The van der Waals surface area contributed by atoms with Crippen molar-refractivity contribution in [2.75, 3.05) is 6.54 Å². The minimum absolute atomic E-state index is 0.303. The lowest BCUT2D eigenvalue weighted by Crippen LogP contribution is -2.23. The van der Waals surface area contributed by atoms with Gasteiger partial charge in [0.05, 0.1) is 6.04 Å². The first-order chi connectivity index (χ1) is 10.3. The molecule has 3 aromatic rings. The first-order valence-electron chi connectivity index (χ1n) is 6.87. The summed E-state index contributed by atoms with van der Waals surface area (Å²) in [5, 5.41) is 8.74. The maximum Gasteiger partial charge on any atom is 0.0764 e. The molecule has 4 heteroatoms. The fraction of sp³-hybridized carbons (Fsp3) is 0.176. The summed E-state index contributed by atoms with van der Waals surface area (Å²) in [6, 6.07) is 17.0. The first-order valence-corrected chi connectivity index (χ1v) is 9.01. The topological polar surface area (TPSA) is 12.0 Å². The van der Waals surface area contributed by atoms with Gasteiger partial charge in [0.2, 0.25) is 0 Å². The molecule has 1 N–H and O–H groups in total. The van der Waals surface area contributed by atoms with Crippen molar-refractivity contribution in [3.63, 3.8) is 0 Å². The van der Waals surface area contributed by atoms with Crippen molar-refractivity contribution >= 4 is 34.3 Å². The molecule has 0 spiro atoms. The Hall–Kier alpha value is -1.13. The molecule has 0 saturated heterocycles. The number of hydrogen-bond acceptors (Lipinski definition) is 3. The van der Waals surface area contributed by atoms with Gasteiger partial charge in [0, 0.05) is 21.3 Å². The average Bonchev–Trinajstić information content (AvgIpc) is 3.19. The van der Waals surface area contributed by atoms with Crippen molar-refractivity contribution in [2.45, 2.75) is 12.5 Å². The maximum atomic E-state index is 5.92. The van der Waals surface area contributed by atoms with E-state index in [2.05, 4.69) is 52.5 Å². The Morgan fingerprint density at radius 2 is 1.52 bits per heavy atom. The fourth-order valence-corrected chi connectivity index (χ4v) is 4.10. The highest BCUT2D eigenvalue weighted by atomic mass is 35.5. The second kappa shape index (κ2) is 7.23. The van der Waals surface area contributed by atoms with Gasteiger partial charge in [-0.1, -0.05) is 35.9 Å². The van der Waals surface area contributed by atoms with E-state index in [1.807, 2.05) is 12.1 Å². The molecule has 0 radical (unpaired) electrons. The van der Waals surface area contributed by atoms with E-state index in [4.69, 9.17) is 11.6 Å². The molecule has 0 atom stereocenters. The monoisotopic (exact) mass is 333 g/mol. The Kier molecular flexibility index (Phi) is 5.09. The van der Waals surface area contributed by atoms with E-state index >= 15 is 0 Å². The summed E-state index contributed by atoms with van der Waals surface area (Å²) in [7, 11) is 0. The summed E-state index contributed by atoms with van der Waals surface area (Å²) in [5.41, 5.74) is 1.31. The maximum absolute atomic E-state index is 5.92. The highest BCUT2D eigenvalue weighted by molar-refractivity contribution is 7.11. The van der Waals surface area contributed by atoms with Crippen LogP contribution in [0.25, 0.3) is 0 Å². The summed E-state index contributed by atoms with van der Waals surface area (Å²) >= 11 is 9.53. The number of benzene rings is 1. The van der Waals surface area contributed by atoms with Gasteiger partial charge in [-0.15, -0.1) is 22.7 Å². The lowest BCUT2D eigenvalue weighted by atomic mass is 10.1. The quantitative estimate of drug-likeness (QED) is 0.638. The second-order valence-electron chi connectivity index (χ2n) is 4.79. The van der Waals surface area contributed by atoms with Crippen molar-refractivity contribution in [3.05, 3.63) is 79.6 Å². The highest BCUT2D eigenvalue weighted by Crippen LogP contribution is 2.29. The second-order valence-corrected chi connectivity index (χ2v) is 7.19. The van der Waals surface area contributed by atoms with Crippen molar-refractivity contribution in [1.82, 2.24) is 5.32 Å². The van der Waals surface area contributed by atoms with Crippen LogP contribution in [0, 0.1) is 0 Å². The number of hydrogen-bond donors (Lipinski definition) is 1. The van der Waals surface area contributed by atoms with E-state index in [0.29, 0.717) is 6.04 Å². The molecule has 0 fully saturated rings. The van der Waals surface area contributed by atoms with E-state index in [1.165, 1.54) is 15.3 Å². The predicted molar refractivity (Wildman–Crippen MR) is 93.6 cm³/mol. The van der Waals surface area contributed by atoms with Crippen LogP contribution in [0.3, 0.4) is 0 Å². The molecular formula is C17H16ClNS2. The smallest absolute Gasteiger partial charge is 0.0764 e. The Morgan fingerprint density at radius 1 is 0.905 bits per heavy atom. The van der Waals surface area contributed by atoms with Gasteiger partial charge < -0.3 is 5.32 Å². The van der Waals surface area contributed by atoms with Crippen LogP contribution in [0.2, 0.25) is 5.02 Å². The van der Waals surface area contributed by atoms with Crippen molar-refractivity contribution < 1.29 is 0 Å². The summed E-state index contributed by atoms with van der Waals surface area (Å²) in [6.07, 6.45) is 1.00. The van der Waals surface area contributed by atoms with Crippen molar-refractivity contribution in [2.24, 2.45) is 0 Å². The molecule has 1 aromatic carbocycles. The van der Waals surface area contributed by atoms with Gasteiger partial charge >= 0.3 is 0 Å². The van der Waals surface area contributed by atoms with Crippen LogP contribution >= 0.6 is 34.3 Å². The van der Waals surface area contributed by atoms with Crippen LogP contribution in [0.1, 0.15) is 21.4 Å². The molecule has 1 nitrogen and oxygen atoms in total. The molecule has 21 heavy (non-hydrogen) atoms. The third kappa shape index (κ3) is 3.95. The summed E-state index contributed by atoms with van der Waals surface area (Å²) in [5.74, 6) is 0. The minimum atomic E-state index is 0.303. The number of rotatable bonds is 6. The van der Waals surface area contributed by atoms with Crippen molar-refractivity contribution in [1.29, 1.82) is 0 Å². The normalized spacial score (nSPS) is 11.1. The van der Waals surface area contributed by atoms with E-state index in [0.717, 1.165) is 18.0 Å². The van der Waals surface area contributed by atoms with E-state index < -0.39 is 0 Å². The molecule has 2 aromatic heterocycles. The molecule has 0 aliphatic heterocycles. The highest BCUT2D eigenvalue weighted by Gasteiger charge is 2.15. The predicted octanol–water partition coefficient (Wildman–Crippen LogP) is 5.38. The molecule has 0 aliphatic rings. The zero-order valence-electron chi connectivity index (χ0n) is 11.5. The van der Waals surface area contributed by atoms with Gasteiger partial charge in [-0.3, -0.25) is 0 Å². The lowest BCUT2D eigenvalue weighted by molar-refractivity contribution is 0.621. The average molecular weight is 334 g/mol. The molecule has 0 bridgehead atoms. The van der Waals surface area contributed by atoms with Gasteiger partial charge in [-0.05, 0) is 47.0 Å². The minimum Gasteiger partial charge on any atom is -0.305 e. The SMILES string of the molecule is Clc1ccc(CCNC(c2cccs2)c2cccs2)cc1. The van der Waals surface area contributed by atoms with Gasteiger partial charge in [-0.25, -0.2) is 0 Å². The van der Waals surface area contributed by atoms with Gasteiger partial charge in [-0.2, -0.15) is 0 Å². The van der Waals surface area contributed by atoms with Crippen LogP contribution < -0.4 is 5.32 Å². The van der Waals surface area contributed by atoms with Gasteiger partial charge in [0.15, 0.2) is 0 Å². The molecule has 108 valence electrons. The standard InChI is InChI=1S/C17H16ClNS2/c18-14-7-5-13(6-8-14)9-10-19-17(15-3-1-11-20-15)16-4-2-12-21-16/h1-8,11-12,17,19H,9-10H2. The summed E-state index contributed by atoms with van der Waals surface area (Å²) < 4.78 is 0. The van der Waals surface area contributed by atoms with Crippen LogP contribution in [0.4, 0.5) is 0 Å². The zero-order chi connectivity index (χ0) is 14.5. The van der Waals surface area contributed by atoms with E-state index in [-0.39, 0.29) is 0 Å². The Balaban J connectivity index is 1.64. The Bertz CT molecular complexity index is 610. The van der Waals surface area contributed by atoms with E-state index in [1.54, 1.807) is 22.7 Å². The van der Waals surface area contributed by atoms with Gasteiger partial charge in [0.25, 0.3) is 0 Å². The third-order valence-corrected chi connectivity index (χ3v) is 5.46. The molecule has 3 rings (SSSR count). The van der Waals surface area contributed by atoms with Crippen LogP contribution in [-0.2, 0) is 6.42 Å². The lowest BCUT2D eigenvalue weighted by Gasteiger charge is -2.16. The molecule has 2 heterocycles. The zero-order valence-corrected chi connectivity index (χ0v) is 13.8. The van der Waals surface area contributed by atoms with Crippen LogP contribution in [0.15, 0.2) is 59.3 Å². The first kappa shape index (κ1) is 14.8. The molecular weight excluding hydrogens is 318 g/mol. The largest absolute Gasteiger partial charge is 0.305 e. The summed E-state index contributed by atoms with van der Waals surface area (Å²) in [6.45, 7) is 0.947. The molecule has 0 amide bonds. The number of nitrogens with one attached hydrogen (secondary N) is 1. The molecule has 0 saturated carbocycles. The third-order valence-electron chi connectivity index (χ3n) is 3.33. The van der Waals surface area contributed by atoms with E-state index in [9.17, 15) is 0 Å². The fourth-order valence-electron chi connectivity index (χ4n) is 2.26. The number of halogens is 1. The summed E-state index contributed by atoms with van der Waals surface area (Å²) in [4.78, 5) is 2.74. The van der Waals surface area contributed by atoms with Crippen LogP contribution in [-0.4, -0.2) is 6.54 Å². The van der Waals surface area contributed by atoms with Gasteiger partial charge in [0.1, 0.15) is 0 Å².